The van der Waals surface area contributed by atoms with E-state index in [9.17, 15) is 4.39 Å². The van der Waals surface area contributed by atoms with Crippen molar-refractivity contribution in [2.75, 3.05) is 5.32 Å². The van der Waals surface area contributed by atoms with Crippen LogP contribution in [0.4, 0.5) is 10.3 Å². The predicted molar refractivity (Wildman–Crippen MR) is 80.3 cm³/mol. The summed E-state index contributed by atoms with van der Waals surface area (Å²) < 4.78 is 15.0. The van der Waals surface area contributed by atoms with E-state index in [1.54, 1.807) is 0 Å². The summed E-state index contributed by atoms with van der Waals surface area (Å²) in [6, 6.07) is 6.92. The third-order valence-electron chi connectivity index (χ3n) is 3.30. The molecule has 0 amide bonds. The summed E-state index contributed by atoms with van der Waals surface area (Å²) >= 11 is 0. The van der Waals surface area contributed by atoms with E-state index >= 15 is 0 Å². The first-order valence-electron chi connectivity index (χ1n) is 7.21. The summed E-state index contributed by atoms with van der Waals surface area (Å²) in [7, 11) is 0. The first-order valence-corrected chi connectivity index (χ1v) is 7.21. The number of unbranched alkanes of at least 4 members (excludes halogenated alkanes) is 1. The number of benzene rings is 1. The molecule has 0 saturated heterocycles. The van der Waals surface area contributed by atoms with Crippen LogP contribution in [-0.4, -0.2) is 15.6 Å². The molecule has 4 heteroatoms. The van der Waals surface area contributed by atoms with E-state index in [-0.39, 0.29) is 11.9 Å². The predicted octanol–water partition coefficient (Wildman–Crippen LogP) is 3.87. The Kier molecular flexibility index (Phi) is 5.16. The van der Waals surface area contributed by atoms with Gasteiger partial charge in [-0.25, -0.2) is 9.37 Å². The number of hydrogen-bond donors (Lipinski definition) is 1. The quantitative estimate of drug-likeness (QED) is 0.831. The van der Waals surface area contributed by atoms with Gasteiger partial charge in [0.2, 0.25) is 5.95 Å². The smallest absolute Gasteiger partial charge is 0.202 e. The standard InChI is InChI=1S/C16H22FN3/c1-3-4-10-20-11-9-18-16(20)19-13(2)12-14-5-7-15(17)8-6-14/h5-9,11,13H,3-4,10,12H2,1-2H3,(H,18,19). The lowest BCUT2D eigenvalue weighted by Crippen LogP contribution is -2.21. The van der Waals surface area contributed by atoms with Crippen molar-refractivity contribution in [1.29, 1.82) is 0 Å². The lowest BCUT2D eigenvalue weighted by Gasteiger charge is -2.16. The van der Waals surface area contributed by atoms with E-state index in [1.165, 1.54) is 18.6 Å². The van der Waals surface area contributed by atoms with E-state index in [2.05, 4.69) is 28.7 Å². The molecular weight excluding hydrogens is 253 g/mol. The zero-order valence-corrected chi connectivity index (χ0v) is 12.1. The fraction of sp³-hybridized carbons (Fsp3) is 0.438. The molecule has 20 heavy (non-hydrogen) atoms. The van der Waals surface area contributed by atoms with Gasteiger partial charge in [-0.05, 0) is 37.5 Å². The number of hydrogen-bond acceptors (Lipinski definition) is 2. The van der Waals surface area contributed by atoms with Crippen molar-refractivity contribution < 1.29 is 4.39 Å². The fourth-order valence-corrected chi connectivity index (χ4v) is 2.20. The first kappa shape index (κ1) is 14.6. The monoisotopic (exact) mass is 275 g/mol. The zero-order chi connectivity index (χ0) is 14.4. The van der Waals surface area contributed by atoms with Gasteiger partial charge in [-0.15, -0.1) is 0 Å². The highest BCUT2D eigenvalue weighted by Gasteiger charge is 2.08. The highest BCUT2D eigenvalue weighted by atomic mass is 19.1. The minimum Gasteiger partial charge on any atom is -0.353 e. The van der Waals surface area contributed by atoms with Crippen molar-refractivity contribution in [3.8, 4) is 0 Å². The van der Waals surface area contributed by atoms with Gasteiger partial charge < -0.3 is 9.88 Å². The Hall–Kier alpha value is -1.84. The Morgan fingerprint density at radius 2 is 2.05 bits per heavy atom. The lowest BCUT2D eigenvalue weighted by molar-refractivity contribution is 0.624. The van der Waals surface area contributed by atoms with E-state index in [1.807, 2.05) is 24.5 Å². The van der Waals surface area contributed by atoms with Crippen LogP contribution in [0.3, 0.4) is 0 Å². The maximum atomic E-state index is 12.9. The van der Waals surface area contributed by atoms with Crippen LogP contribution in [0.25, 0.3) is 0 Å². The third-order valence-corrected chi connectivity index (χ3v) is 3.30. The summed E-state index contributed by atoms with van der Waals surface area (Å²) in [6.07, 6.45) is 6.99. The van der Waals surface area contributed by atoms with E-state index in [0.29, 0.717) is 0 Å². The molecule has 2 rings (SSSR count). The molecule has 1 N–H and O–H groups in total. The molecule has 1 unspecified atom stereocenters. The number of aryl methyl sites for hydroxylation is 1. The van der Waals surface area contributed by atoms with Crippen molar-refractivity contribution in [3.63, 3.8) is 0 Å². The van der Waals surface area contributed by atoms with Crippen molar-refractivity contribution in [3.05, 3.63) is 48.0 Å². The number of imidazole rings is 1. The lowest BCUT2D eigenvalue weighted by atomic mass is 10.1. The average molecular weight is 275 g/mol. The highest BCUT2D eigenvalue weighted by Crippen LogP contribution is 2.11. The molecule has 2 aromatic rings. The SMILES string of the molecule is CCCCn1ccnc1NC(C)Cc1ccc(F)cc1. The highest BCUT2D eigenvalue weighted by molar-refractivity contribution is 5.29. The molecular formula is C16H22FN3. The summed E-state index contributed by atoms with van der Waals surface area (Å²) in [5.41, 5.74) is 1.12. The molecule has 3 nitrogen and oxygen atoms in total. The molecule has 0 radical (unpaired) electrons. The normalized spacial score (nSPS) is 12.3. The van der Waals surface area contributed by atoms with Crippen molar-refractivity contribution in [1.82, 2.24) is 9.55 Å². The fourth-order valence-electron chi connectivity index (χ4n) is 2.20. The van der Waals surface area contributed by atoms with Crippen LogP contribution >= 0.6 is 0 Å². The Morgan fingerprint density at radius 3 is 2.75 bits per heavy atom. The van der Waals surface area contributed by atoms with Crippen molar-refractivity contribution in [2.45, 2.75) is 45.7 Å². The Morgan fingerprint density at radius 1 is 1.30 bits per heavy atom. The van der Waals surface area contributed by atoms with Gasteiger partial charge in [-0.2, -0.15) is 0 Å². The van der Waals surface area contributed by atoms with Crippen LogP contribution < -0.4 is 5.32 Å². The molecule has 0 bridgehead atoms. The van der Waals surface area contributed by atoms with Crippen LogP contribution in [-0.2, 0) is 13.0 Å². The summed E-state index contributed by atoms with van der Waals surface area (Å²) in [5.74, 6) is 0.720. The number of rotatable bonds is 7. The average Bonchev–Trinajstić information content (AvgIpc) is 2.86. The number of halogens is 1. The minimum atomic E-state index is -0.190. The van der Waals surface area contributed by atoms with Gasteiger partial charge in [0.1, 0.15) is 5.82 Å². The Bertz CT molecular complexity index is 519. The van der Waals surface area contributed by atoms with Crippen LogP contribution in [0.5, 0.6) is 0 Å². The van der Waals surface area contributed by atoms with E-state index in [0.717, 1.165) is 30.9 Å². The van der Waals surface area contributed by atoms with Crippen LogP contribution in [0.2, 0.25) is 0 Å². The van der Waals surface area contributed by atoms with Crippen LogP contribution in [0.1, 0.15) is 32.3 Å². The maximum absolute atomic E-state index is 12.9. The molecule has 108 valence electrons. The van der Waals surface area contributed by atoms with E-state index < -0.39 is 0 Å². The number of anilines is 1. The van der Waals surface area contributed by atoms with Gasteiger partial charge >= 0.3 is 0 Å². The van der Waals surface area contributed by atoms with Gasteiger partial charge in [-0.1, -0.05) is 25.5 Å². The Labute approximate surface area is 119 Å². The van der Waals surface area contributed by atoms with Gasteiger partial charge in [0.05, 0.1) is 0 Å². The number of nitrogens with one attached hydrogen (secondary N) is 1. The molecule has 1 aromatic carbocycles. The number of aromatic nitrogens is 2. The van der Waals surface area contributed by atoms with Gasteiger partial charge in [0.15, 0.2) is 0 Å². The first-order chi connectivity index (χ1) is 9.69. The van der Waals surface area contributed by atoms with Gasteiger partial charge in [0, 0.05) is 25.0 Å². The van der Waals surface area contributed by atoms with Crippen LogP contribution in [0, 0.1) is 5.82 Å². The second kappa shape index (κ2) is 7.08. The van der Waals surface area contributed by atoms with E-state index in [4.69, 9.17) is 0 Å². The largest absolute Gasteiger partial charge is 0.353 e. The van der Waals surface area contributed by atoms with Gasteiger partial charge in [-0.3, -0.25) is 0 Å². The molecule has 0 saturated carbocycles. The molecule has 1 heterocycles. The number of nitrogens with zero attached hydrogens (tertiary/aromatic N) is 2. The third kappa shape index (κ3) is 4.08. The van der Waals surface area contributed by atoms with Gasteiger partial charge in [0.25, 0.3) is 0 Å². The molecule has 0 aliphatic heterocycles. The Balaban J connectivity index is 1.92. The molecule has 0 spiro atoms. The van der Waals surface area contributed by atoms with Crippen molar-refractivity contribution in [2.24, 2.45) is 0 Å². The summed E-state index contributed by atoms with van der Waals surface area (Å²) in [6.45, 7) is 5.28. The molecule has 0 aliphatic carbocycles. The summed E-state index contributed by atoms with van der Waals surface area (Å²) in [4.78, 5) is 4.36. The molecule has 1 atom stereocenters. The topological polar surface area (TPSA) is 29.9 Å². The van der Waals surface area contributed by atoms with Crippen molar-refractivity contribution >= 4 is 5.95 Å². The minimum absolute atomic E-state index is 0.190. The molecule has 1 aromatic heterocycles. The zero-order valence-electron chi connectivity index (χ0n) is 12.1. The maximum Gasteiger partial charge on any atom is 0.202 e. The second-order valence-electron chi connectivity index (χ2n) is 5.17. The molecule has 0 fully saturated rings. The second-order valence-corrected chi connectivity index (χ2v) is 5.17. The summed E-state index contributed by atoms with van der Waals surface area (Å²) in [5, 5.41) is 3.42. The van der Waals surface area contributed by atoms with Crippen LogP contribution in [0.15, 0.2) is 36.7 Å². The molecule has 0 aliphatic rings.